The molecule has 122 valence electrons. The minimum Gasteiger partial charge on any atom is -0.466 e. The van der Waals surface area contributed by atoms with Crippen molar-refractivity contribution in [1.29, 1.82) is 0 Å². The van der Waals surface area contributed by atoms with Crippen LogP contribution in [0.3, 0.4) is 0 Å². The number of carbonyl (C=O) groups is 2. The molecule has 0 spiro atoms. The van der Waals surface area contributed by atoms with Crippen LogP contribution in [0.4, 0.5) is 0 Å². The summed E-state index contributed by atoms with van der Waals surface area (Å²) in [5, 5.41) is 0. The quantitative estimate of drug-likeness (QED) is 0.858. The maximum Gasteiger partial charge on any atom is 0.309 e. The van der Waals surface area contributed by atoms with Crippen molar-refractivity contribution in [2.24, 2.45) is 11.7 Å². The first kappa shape index (κ1) is 18.5. The lowest BCUT2D eigenvalue weighted by atomic mass is 9.96. The second kappa shape index (κ2) is 8.76. The minimum atomic E-state index is -0.634. The van der Waals surface area contributed by atoms with E-state index in [1.165, 1.54) is 0 Å². The third kappa shape index (κ3) is 4.45. The Morgan fingerprint density at radius 1 is 1.27 bits per heavy atom. The Bertz CT molecular complexity index is 487. The summed E-state index contributed by atoms with van der Waals surface area (Å²) in [4.78, 5) is 25.8. The maximum absolute atomic E-state index is 12.4. The summed E-state index contributed by atoms with van der Waals surface area (Å²) in [5.74, 6) is -0.331. The third-order valence-corrected chi connectivity index (χ3v) is 3.85. The van der Waals surface area contributed by atoms with E-state index in [-0.39, 0.29) is 30.2 Å². The zero-order valence-electron chi connectivity index (χ0n) is 12.7. The van der Waals surface area contributed by atoms with Gasteiger partial charge in [-0.3, -0.25) is 9.59 Å². The number of benzene rings is 1. The second-order valence-electron chi connectivity index (χ2n) is 5.24. The molecule has 1 saturated heterocycles. The molecule has 1 unspecified atom stereocenters. The average Bonchev–Trinajstić information content (AvgIpc) is 2.54. The van der Waals surface area contributed by atoms with Gasteiger partial charge in [-0.2, -0.15) is 0 Å². The molecule has 1 amide bonds. The van der Waals surface area contributed by atoms with E-state index in [1.807, 2.05) is 30.3 Å². The van der Waals surface area contributed by atoms with Crippen molar-refractivity contribution >= 4 is 24.3 Å². The molecule has 0 aromatic heterocycles. The lowest BCUT2D eigenvalue weighted by Crippen LogP contribution is -2.44. The van der Waals surface area contributed by atoms with Gasteiger partial charge in [-0.05, 0) is 25.3 Å². The molecule has 1 fully saturated rings. The van der Waals surface area contributed by atoms with Crippen LogP contribution in [0.2, 0.25) is 0 Å². The number of likely N-dealkylation sites (tertiary alicyclic amines) is 1. The standard InChI is InChI=1S/C16H22N2O3.ClH/c1-2-21-16(20)13-8-10-18(11-9-13)15(19)14(17)12-6-4-3-5-7-12;/h3-7,13-14H,2,8-11,17H2,1H3;1H. The molecule has 1 aromatic carbocycles. The molecule has 1 aliphatic rings. The number of carbonyl (C=O) groups excluding carboxylic acids is 2. The molecule has 1 aromatic rings. The molecular weight excluding hydrogens is 304 g/mol. The zero-order valence-corrected chi connectivity index (χ0v) is 13.6. The van der Waals surface area contributed by atoms with Crippen LogP contribution in [0.1, 0.15) is 31.4 Å². The lowest BCUT2D eigenvalue weighted by molar-refractivity contribution is -0.151. The molecule has 22 heavy (non-hydrogen) atoms. The monoisotopic (exact) mass is 326 g/mol. The smallest absolute Gasteiger partial charge is 0.309 e. The summed E-state index contributed by atoms with van der Waals surface area (Å²) < 4.78 is 5.03. The second-order valence-corrected chi connectivity index (χ2v) is 5.24. The molecule has 0 saturated carbocycles. The fraction of sp³-hybridized carbons (Fsp3) is 0.500. The summed E-state index contributed by atoms with van der Waals surface area (Å²) in [6.45, 7) is 3.32. The van der Waals surface area contributed by atoms with Crippen molar-refractivity contribution < 1.29 is 14.3 Å². The zero-order chi connectivity index (χ0) is 15.2. The molecule has 1 atom stereocenters. The van der Waals surface area contributed by atoms with Crippen LogP contribution in [0.15, 0.2) is 30.3 Å². The van der Waals surface area contributed by atoms with E-state index in [0.717, 1.165) is 5.56 Å². The Labute approximate surface area is 137 Å². The lowest BCUT2D eigenvalue weighted by Gasteiger charge is -2.32. The molecule has 6 heteroatoms. The van der Waals surface area contributed by atoms with Gasteiger partial charge < -0.3 is 15.4 Å². The number of hydrogen-bond acceptors (Lipinski definition) is 4. The first-order chi connectivity index (χ1) is 10.1. The summed E-state index contributed by atoms with van der Waals surface area (Å²) in [5.41, 5.74) is 6.84. The number of piperidine rings is 1. The van der Waals surface area contributed by atoms with E-state index in [0.29, 0.717) is 32.5 Å². The number of hydrogen-bond donors (Lipinski definition) is 1. The van der Waals surface area contributed by atoms with Gasteiger partial charge in [0.15, 0.2) is 0 Å². The summed E-state index contributed by atoms with van der Waals surface area (Å²) >= 11 is 0. The SMILES string of the molecule is CCOC(=O)C1CCN(C(=O)C(N)c2ccccc2)CC1.Cl. The Morgan fingerprint density at radius 3 is 2.41 bits per heavy atom. The van der Waals surface area contributed by atoms with Crippen molar-refractivity contribution in [3.8, 4) is 0 Å². The molecular formula is C16H23ClN2O3. The van der Waals surface area contributed by atoms with E-state index < -0.39 is 6.04 Å². The summed E-state index contributed by atoms with van der Waals surface area (Å²) in [7, 11) is 0. The first-order valence-corrected chi connectivity index (χ1v) is 7.39. The van der Waals surface area contributed by atoms with Gasteiger partial charge in [0.2, 0.25) is 5.91 Å². The number of esters is 1. The van der Waals surface area contributed by atoms with Gasteiger partial charge in [-0.15, -0.1) is 12.4 Å². The Balaban J connectivity index is 0.00000242. The van der Waals surface area contributed by atoms with E-state index >= 15 is 0 Å². The highest BCUT2D eigenvalue weighted by Crippen LogP contribution is 2.21. The highest BCUT2D eigenvalue weighted by atomic mass is 35.5. The van der Waals surface area contributed by atoms with Gasteiger partial charge in [0.05, 0.1) is 12.5 Å². The molecule has 1 aliphatic heterocycles. The third-order valence-electron chi connectivity index (χ3n) is 3.85. The van der Waals surface area contributed by atoms with Crippen LogP contribution in [0, 0.1) is 5.92 Å². The van der Waals surface area contributed by atoms with Crippen molar-refractivity contribution in [1.82, 2.24) is 4.90 Å². The normalized spacial score (nSPS) is 16.5. The number of nitrogens with zero attached hydrogens (tertiary/aromatic N) is 1. The van der Waals surface area contributed by atoms with E-state index in [4.69, 9.17) is 10.5 Å². The fourth-order valence-electron chi connectivity index (χ4n) is 2.60. The van der Waals surface area contributed by atoms with Gasteiger partial charge >= 0.3 is 5.97 Å². The molecule has 0 aliphatic carbocycles. The van der Waals surface area contributed by atoms with Crippen molar-refractivity contribution in [2.45, 2.75) is 25.8 Å². The number of amides is 1. The van der Waals surface area contributed by atoms with Crippen molar-refractivity contribution in [3.63, 3.8) is 0 Å². The molecule has 1 heterocycles. The molecule has 2 rings (SSSR count). The van der Waals surface area contributed by atoms with Crippen LogP contribution in [0.5, 0.6) is 0 Å². The van der Waals surface area contributed by atoms with Gasteiger partial charge in [0.25, 0.3) is 0 Å². The van der Waals surface area contributed by atoms with Gasteiger partial charge in [-0.1, -0.05) is 30.3 Å². The molecule has 0 radical (unpaired) electrons. The van der Waals surface area contributed by atoms with E-state index in [2.05, 4.69) is 0 Å². The summed E-state index contributed by atoms with van der Waals surface area (Å²) in [6.07, 6.45) is 1.29. The number of rotatable bonds is 4. The number of halogens is 1. The predicted molar refractivity (Wildman–Crippen MR) is 86.6 cm³/mol. The average molecular weight is 327 g/mol. The Kier molecular flexibility index (Phi) is 7.35. The number of ether oxygens (including phenoxy) is 1. The molecule has 5 nitrogen and oxygen atoms in total. The van der Waals surface area contributed by atoms with Crippen LogP contribution < -0.4 is 5.73 Å². The molecule has 0 bridgehead atoms. The van der Waals surface area contributed by atoms with Gasteiger partial charge in [0.1, 0.15) is 6.04 Å². The van der Waals surface area contributed by atoms with Gasteiger partial charge in [0, 0.05) is 13.1 Å². The van der Waals surface area contributed by atoms with E-state index in [9.17, 15) is 9.59 Å². The minimum absolute atomic E-state index is 0. The maximum atomic E-state index is 12.4. The van der Waals surface area contributed by atoms with Crippen molar-refractivity contribution in [2.75, 3.05) is 19.7 Å². The highest BCUT2D eigenvalue weighted by molar-refractivity contribution is 5.85. The topological polar surface area (TPSA) is 72.6 Å². The largest absolute Gasteiger partial charge is 0.466 e. The fourth-order valence-corrected chi connectivity index (χ4v) is 2.60. The Hall–Kier alpha value is -1.59. The van der Waals surface area contributed by atoms with Crippen LogP contribution in [-0.2, 0) is 14.3 Å². The Morgan fingerprint density at radius 2 is 1.86 bits per heavy atom. The predicted octanol–water partition coefficient (Wildman–Crippen LogP) is 1.91. The molecule has 2 N–H and O–H groups in total. The van der Waals surface area contributed by atoms with Crippen molar-refractivity contribution in [3.05, 3.63) is 35.9 Å². The van der Waals surface area contributed by atoms with E-state index in [1.54, 1.807) is 11.8 Å². The van der Waals surface area contributed by atoms with Gasteiger partial charge in [-0.25, -0.2) is 0 Å². The van der Waals surface area contributed by atoms with Crippen LogP contribution >= 0.6 is 12.4 Å². The number of nitrogens with two attached hydrogens (primary N) is 1. The van der Waals surface area contributed by atoms with Crippen LogP contribution in [-0.4, -0.2) is 36.5 Å². The highest BCUT2D eigenvalue weighted by Gasteiger charge is 2.30. The first-order valence-electron chi connectivity index (χ1n) is 7.39. The summed E-state index contributed by atoms with van der Waals surface area (Å²) in [6, 6.07) is 8.71. The van der Waals surface area contributed by atoms with Crippen LogP contribution in [0.25, 0.3) is 0 Å².